The van der Waals surface area contributed by atoms with Crippen LogP contribution < -0.4 is 15.4 Å². The van der Waals surface area contributed by atoms with Gasteiger partial charge in [-0.3, -0.25) is 19.3 Å². The lowest BCUT2D eigenvalue weighted by Crippen LogP contribution is -2.23. The number of aryl methyl sites for hydroxylation is 1. The number of hydrogen-bond acceptors (Lipinski definition) is 8. The summed E-state index contributed by atoms with van der Waals surface area (Å²) in [6.45, 7) is -0.409. The molecule has 2 N–H and O–H groups in total. The van der Waals surface area contributed by atoms with Crippen LogP contribution in [0.1, 0.15) is 33.7 Å². The molecule has 3 aromatic heterocycles. The number of nitrogens with one attached hydrogen (secondary N) is 2. The van der Waals surface area contributed by atoms with Crippen LogP contribution in [0.4, 0.5) is 40.9 Å². The Hall–Kier alpha value is -5.17. The highest BCUT2D eigenvalue weighted by Crippen LogP contribution is 2.27. The Morgan fingerprint density at radius 1 is 0.978 bits per heavy atom. The molecule has 45 heavy (non-hydrogen) atoms. The number of benzene rings is 1. The molecule has 240 valence electrons. The van der Waals surface area contributed by atoms with E-state index in [2.05, 4.69) is 41.0 Å². The molecule has 0 saturated heterocycles. The minimum Gasteiger partial charge on any atom is -0.406 e. The number of aromatic nitrogens is 7. The molecule has 1 atom stereocenters. The maximum absolute atomic E-state index is 14.6. The Morgan fingerprint density at radius 3 is 2.42 bits per heavy atom. The van der Waals surface area contributed by atoms with E-state index in [0.29, 0.717) is 5.56 Å². The third-order valence-electron chi connectivity index (χ3n) is 5.80. The lowest BCUT2D eigenvalue weighted by atomic mass is 10.1. The van der Waals surface area contributed by atoms with Gasteiger partial charge in [0.25, 0.3) is 5.91 Å². The van der Waals surface area contributed by atoms with E-state index >= 15 is 0 Å². The van der Waals surface area contributed by atoms with Crippen LogP contribution in [0.3, 0.4) is 0 Å². The molecular formula is C25H21F8N9O3. The number of alkyl halides is 7. The van der Waals surface area contributed by atoms with Crippen LogP contribution in [0.15, 0.2) is 48.9 Å². The van der Waals surface area contributed by atoms with E-state index in [0.717, 1.165) is 35.1 Å². The Labute approximate surface area is 247 Å². The van der Waals surface area contributed by atoms with Gasteiger partial charge in [-0.2, -0.15) is 13.2 Å². The molecule has 0 saturated carbocycles. The fourth-order valence-electron chi connectivity index (χ4n) is 3.74. The molecule has 0 aliphatic carbocycles. The van der Waals surface area contributed by atoms with Gasteiger partial charge in [0.2, 0.25) is 5.91 Å². The summed E-state index contributed by atoms with van der Waals surface area (Å²) in [7, 11) is 0. The average molecular weight is 647 g/mol. The van der Waals surface area contributed by atoms with Crippen LogP contribution in [-0.2, 0) is 37.0 Å². The second-order valence-corrected chi connectivity index (χ2v) is 9.34. The van der Waals surface area contributed by atoms with Crippen molar-refractivity contribution in [3.8, 4) is 5.75 Å². The second-order valence-electron chi connectivity index (χ2n) is 9.34. The van der Waals surface area contributed by atoms with Gasteiger partial charge >= 0.3 is 12.5 Å². The Morgan fingerprint density at radius 2 is 1.73 bits per heavy atom. The first kappa shape index (κ1) is 32.7. The first-order chi connectivity index (χ1) is 21.1. The summed E-state index contributed by atoms with van der Waals surface area (Å²) in [5, 5.41) is 19.5. The number of anilines is 1. The molecule has 4 aromatic rings. The van der Waals surface area contributed by atoms with Gasteiger partial charge in [0, 0.05) is 31.3 Å². The molecule has 0 aliphatic heterocycles. The zero-order valence-electron chi connectivity index (χ0n) is 22.6. The van der Waals surface area contributed by atoms with E-state index in [1.54, 1.807) is 0 Å². The number of pyridine rings is 1. The number of carbonyl (C=O) groups excluding carboxylic acids is 2. The zero-order chi connectivity index (χ0) is 32.8. The maximum atomic E-state index is 14.6. The molecule has 2 amide bonds. The number of ether oxygens (including phenoxy) is 1. The highest BCUT2D eigenvalue weighted by Gasteiger charge is 2.32. The highest BCUT2D eigenvalue weighted by atomic mass is 19.4. The molecule has 20 heteroatoms. The van der Waals surface area contributed by atoms with Gasteiger partial charge in [-0.05, 0) is 29.8 Å². The van der Waals surface area contributed by atoms with Gasteiger partial charge in [0.15, 0.2) is 11.5 Å². The lowest BCUT2D eigenvalue weighted by Gasteiger charge is -2.10. The van der Waals surface area contributed by atoms with E-state index in [4.69, 9.17) is 0 Å². The Kier molecular flexibility index (Phi) is 9.92. The molecule has 1 unspecified atom stereocenters. The van der Waals surface area contributed by atoms with E-state index in [1.165, 1.54) is 23.1 Å². The monoisotopic (exact) mass is 647 g/mol. The smallest absolute Gasteiger partial charge is 0.406 e. The van der Waals surface area contributed by atoms with Crippen molar-refractivity contribution < 1.29 is 49.4 Å². The zero-order valence-corrected chi connectivity index (χ0v) is 22.6. The first-order valence-corrected chi connectivity index (χ1v) is 12.7. The summed E-state index contributed by atoms with van der Waals surface area (Å²) in [4.78, 5) is 27.8. The van der Waals surface area contributed by atoms with Gasteiger partial charge in [-0.1, -0.05) is 16.5 Å². The quantitative estimate of drug-likeness (QED) is 0.221. The molecule has 0 bridgehead atoms. The van der Waals surface area contributed by atoms with E-state index in [-0.39, 0.29) is 43.1 Å². The average Bonchev–Trinajstić information content (AvgIpc) is 3.61. The summed E-state index contributed by atoms with van der Waals surface area (Å²) < 4.78 is 110. The Balaban J connectivity index is 1.21. The van der Waals surface area contributed by atoms with E-state index < -0.39 is 54.2 Å². The predicted molar refractivity (Wildman–Crippen MR) is 135 cm³/mol. The van der Waals surface area contributed by atoms with Gasteiger partial charge in [0.1, 0.15) is 23.4 Å². The first-order valence-electron chi connectivity index (χ1n) is 12.7. The number of hydrogen-bond donors (Lipinski definition) is 2. The van der Waals surface area contributed by atoms with E-state index in [9.17, 15) is 44.7 Å². The van der Waals surface area contributed by atoms with Crippen molar-refractivity contribution in [2.45, 2.75) is 51.2 Å². The van der Waals surface area contributed by atoms with Crippen LogP contribution in [0, 0.1) is 5.82 Å². The largest absolute Gasteiger partial charge is 0.573 e. The van der Waals surface area contributed by atoms with Crippen molar-refractivity contribution in [3.05, 3.63) is 77.3 Å². The molecule has 0 aliphatic rings. The highest BCUT2D eigenvalue weighted by molar-refractivity contribution is 5.92. The van der Waals surface area contributed by atoms with Crippen molar-refractivity contribution in [2.24, 2.45) is 0 Å². The molecule has 4 rings (SSSR count). The predicted octanol–water partition coefficient (Wildman–Crippen LogP) is 3.86. The van der Waals surface area contributed by atoms with Crippen molar-refractivity contribution in [1.29, 1.82) is 0 Å². The van der Waals surface area contributed by atoms with Crippen molar-refractivity contribution in [1.82, 2.24) is 40.3 Å². The third kappa shape index (κ3) is 9.93. The molecule has 0 fully saturated rings. The second kappa shape index (κ2) is 13.6. The fraction of sp³-hybridized carbons (Fsp3) is 0.320. The van der Waals surface area contributed by atoms with Gasteiger partial charge < -0.3 is 15.4 Å². The van der Waals surface area contributed by atoms with Crippen molar-refractivity contribution in [3.63, 3.8) is 0 Å². The third-order valence-corrected chi connectivity index (χ3v) is 5.80. The van der Waals surface area contributed by atoms with Crippen LogP contribution in [0.2, 0.25) is 0 Å². The fourth-order valence-corrected chi connectivity index (χ4v) is 3.74. The van der Waals surface area contributed by atoms with Gasteiger partial charge in [-0.15, -0.1) is 23.4 Å². The van der Waals surface area contributed by atoms with E-state index in [1.807, 2.05) is 0 Å². The van der Waals surface area contributed by atoms with Crippen LogP contribution in [-0.4, -0.2) is 59.3 Å². The summed E-state index contributed by atoms with van der Waals surface area (Å²) in [6.07, 6.45) is -8.40. The van der Waals surface area contributed by atoms with Crippen molar-refractivity contribution >= 4 is 17.6 Å². The number of halogens is 8. The lowest BCUT2D eigenvalue weighted by molar-refractivity contribution is -0.274. The summed E-state index contributed by atoms with van der Waals surface area (Å²) in [5.74, 6) is -3.25. The number of amides is 2. The standard InChI is InChI=1S/C25H21F8N9O3/c26-16(5-6-41-12-19(37-39-41)23(44)35-10-14-1-4-20(34-9-14)24(28,29)30)11-42-13-21(38-40-42)36-22(43)8-15-7-17(2-3-18(15)27)45-25(31,32)33/h1-4,7,9,12-13,16H,5-6,8,10-11H2,(H,35,44)(H,36,43). The topological polar surface area (TPSA) is 142 Å². The minimum atomic E-state index is -5.00. The van der Waals surface area contributed by atoms with Gasteiger partial charge in [0.05, 0.1) is 25.4 Å². The molecule has 3 heterocycles. The van der Waals surface area contributed by atoms with Gasteiger partial charge in [-0.25, -0.2) is 13.5 Å². The van der Waals surface area contributed by atoms with Crippen molar-refractivity contribution in [2.75, 3.05) is 5.32 Å². The molecular weight excluding hydrogens is 626 g/mol. The van der Waals surface area contributed by atoms with Crippen LogP contribution in [0.5, 0.6) is 5.75 Å². The minimum absolute atomic E-state index is 0.00520. The maximum Gasteiger partial charge on any atom is 0.573 e. The SMILES string of the molecule is O=C(Cc1cc(OC(F)(F)F)ccc1F)Nc1cn(CC(F)CCn2cc(C(=O)NCc3ccc(C(F)(F)F)nc3)nn2)nn1. The molecule has 1 aromatic carbocycles. The Bertz CT molecular complexity index is 1620. The van der Waals surface area contributed by atoms with Crippen LogP contribution in [0.25, 0.3) is 0 Å². The summed E-state index contributed by atoms with van der Waals surface area (Å²) in [6, 6.07) is 4.17. The summed E-state index contributed by atoms with van der Waals surface area (Å²) in [5.41, 5.74) is -1.22. The molecule has 0 spiro atoms. The number of nitrogens with zero attached hydrogens (tertiary/aromatic N) is 7. The molecule has 12 nitrogen and oxygen atoms in total. The van der Waals surface area contributed by atoms with Crippen LogP contribution >= 0.6 is 0 Å². The number of carbonyl (C=O) groups is 2. The number of rotatable bonds is 12. The summed E-state index contributed by atoms with van der Waals surface area (Å²) >= 11 is 0. The normalized spacial score (nSPS) is 12.5. The molecule has 0 radical (unpaired) electrons.